The Morgan fingerprint density at radius 1 is 1.02 bits per heavy atom. The van der Waals surface area contributed by atoms with Crippen LogP contribution in [0.25, 0.3) is 0 Å². The number of ether oxygens (including phenoxy) is 2. The van der Waals surface area contributed by atoms with Crippen molar-refractivity contribution in [1.29, 1.82) is 0 Å². The average molecular weight is 619 g/mol. The van der Waals surface area contributed by atoms with E-state index in [0.29, 0.717) is 36.4 Å². The van der Waals surface area contributed by atoms with Gasteiger partial charge in [-0.15, -0.1) is 0 Å². The molecule has 232 valence electrons. The summed E-state index contributed by atoms with van der Waals surface area (Å²) in [5.74, 6) is 0.0536. The molecule has 0 saturated carbocycles. The molecule has 4 heterocycles. The predicted octanol–water partition coefficient (Wildman–Crippen LogP) is 6.46. The number of halogens is 1. The molecule has 3 aliphatic heterocycles. The lowest BCUT2D eigenvalue weighted by molar-refractivity contribution is 0.0493. The van der Waals surface area contributed by atoms with Crippen molar-refractivity contribution in [1.82, 2.24) is 19.7 Å². The minimum absolute atomic E-state index is 0.0119. The number of rotatable bonds is 8. The number of pyridine rings is 1. The first kappa shape index (κ1) is 30.4. The van der Waals surface area contributed by atoms with Crippen molar-refractivity contribution < 1.29 is 24.2 Å². The van der Waals surface area contributed by atoms with Crippen LogP contribution in [0.3, 0.4) is 0 Å². The number of benzene rings is 2. The van der Waals surface area contributed by atoms with Gasteiger partial charge < -0.3 is 24.4 Å². The molecule has 9 nitrogen and oxygen atoms in total. The Morgan fingerprint density at radius 3 is 2.41 bits per heavy atom. The molecule has 44 heavy (non-hydrogen) atoms. The lowest BCUT2D eigenvalue weighted by atomic mass is 9.98. The SMILES string of the molecule is Cc1cc(Oc2ccc(C(=O)O)cc2)nc(C)c1CN1CCC(N2C(=O)N(C3CCOCC3)C[C@H]2c2cccc(Cl)c2)CC1. The van der Waals surface area contributed by atoms with Crippen LogP contribution in [-0.4, -0.2) is 81.7 Å². The maximum atomic E-state index is 14.0. The number of hydrogen-bond donors (Lipinski definition) is 1. The van der Waals surface area contributed by atoms with Gasteiger partial charge in [-0.1, -0.05) is 23.7 Å². The van der Waals surface area contributed by atoms with E-state index in [1.807, 2.05) is 31.2 Å². The molecule has 6 rings (SSSR count). The highest BCUT2D eigenvalue weighted by Gasteiger charge is 2.45. The molecule has 1 N–H and O–H groups in total. The third-order valence-electron chi connectivity index (χ3n) is 9.22. The van der Waals surface area contributed by atoms with E-state index in [9.17, 15) is 9.59 Å². The fourth-order valence-corrected chi connectivity index (χ4v) is 7.00. The Hall–Kier alpha value is -3.66. The van der Waals surface area contributed by atoms with E-state index in [-0.39, 0.29) is 29.7 Å². The maximum absolute atomic E-state index is 14.0. The Bertz CT molecular complexity index is 1480. The van der Waals surface area contributed by atoms with E-state index < -0.39 is 5.97 Å². The van der Waals surface area contributed by atoms with Crippen molar-refractivity contribution >= 4 is 23.6 Å². The zero-order chi connectivity index (χ0) is 30.8. The third-order valence-corrected chi connectivity index (χ3v) is 9.46. The standard InChI is InChI=1S/C34H39ClN4O5/c1-22-18-32(44-29-8-6-24(7-9-29)33(40)41)36-23(2)30(22)20-37-14-10-28(11-15-37)39-31(25-4-3-5-26(35)19-25)21-38(34(39)42)27-12-16-43-17-13-27/h3-9,18-19,27-28,31H,10-17,20-21H2,1-2H3,(H,40,41)/t31-/m0/s1. The fourth-order valence-electron chi connectivity index (χ4n) is 6.81. The van der Waals surface area contributed by atoms with Gasteiger partial charge >= 0.3 is 12.0 Å². The predicted molar refractivity (Wildman–Crippen MR) is 167 cm³/mol. The fraction of sp³-hybridized carbons (Fsp3) is 0.441. The summed E-state index contributed by atoms with van der Waals surface area (Å²) in [5, 5.41) is 9.82. The summed E-state index contributed by atoms with van der Waals surface area (Å²) in [6, 6.07) is 16.7. The maximum Gasteiger partial charge on any atom is 0.335 e. The number of piperidine rings is 1. The molecule has 0 spiro atoms. The second-order valence-electron chi connectivity index (χ2n) is 12.0. The van der Waals surface area contributed by atoms with Gasteiger partial charge in [0.05, 0.1) is 11.6 Å². The van der Waals surface area contributed by atoms with Crippen LogP contribution in [-0.2, 0) is 11.3 Å². The number of hydrogen-bond acceptors (Lipinski definition) is 6. The van der Waals surface area contributed by atoms with E-state index >= 15 is 0 Å². The zero-order valence-electron chi connectivity index (χ0n) is 25.2. The van der Waals surface area contributed by atoms with Gasteiger partial charge in [0.2, 0.25) is 5.88 Å². The third kappa shape index (κ3) is 6.55. The molecule has 0 unspecified atom stereocenters. The summed E-state index contributed by atoms with van der Waals surface area (Å²) in [4.78, 5) is 36.5. The molecule has 0 radical (unpaired) electrons. The topological polar surface area (TPSA) is 95.4 Å². The number of carboxylic acid groups (broad SMARTS) is 1. The molecule has 2 amide bonds. The molecule has 3 fully saturated rings. The molecule has 0 aliphatic carbocycles. The number of carboxylic acids is 1. The van der Waals surface area contributed by atoms with E-state index in [1.165, 1.54) is 17.7 Å². The summed E-state index contributed by atoms with van der Waals surface area (Å²) >= 11 is 6.39. The van der Waals surface area contributed by atoms with Gasteiger partial charge in [-0.05, 0) is 92.6 Å². The van der Waals surface area contributed by atoms with Crippen LogP contribution in [0.15, 0.2) is 54.6 Å². The summed E-state index contributed by atoms with van der Waals surface area (Å²) in [6.07, 6.45) is 3.58. The molecule has 1 aromatic heterocycles. The summed E-state index contributed by atoms with van der Waals surface area (Å²) in [6.45, 7) is 8.73. The van der Waals surface area contributed by atoms with Gasteiger partial charge in [-0.2, -0.15) is 0 Å². The van der Waals surface area contributed by atoms with E-state index in [4.69, 9.17) is 31.2 Å². The van der Waals surface area contributed by atoms with Crippen LogP contribution in [0.2, 0.25) is 5.02 Å². The highest BCUT2D eigenvalue weighted by atomic mass is 35.5. The lowest BCUT2D eigenvalue weighted by Crippen LogP contribution is -2.48. The molecular weight excluding hydrogens is 580 g/mol. The van der Waals surface area contributed by atoms with Crippen molar-refractivity contribution in [2.24, 2.45) is 0 Å². The second kappa shape index (κ2) is 13.1. The van der Waals surface area contributed by atoms with Crippen molar-refractivity contribution in [2.75, 3.05) is 32.8 Å². The molecular formula is C34H39ClN4O5. The van der Waals surface area contributed by atoms with Gasteiger partial charge in [-0.25, -0.2) is 14.6 Å². The Morgan fingerprint density at radius 2 is 1.75 bits per heavy atom. The molecule has 3 aromatic rings. The van der Waals surface area contributed by atoms with Crippen LogP contribution in [0.4, 0.5) is 4.79 Å². The summed E-state index contributed by atoms with van der Waals surface area (Å²) in [7, 11) is 0. The normalized spacial score (nSPS) is 20.3. The second-order valence-corrected chi connectivity index (χ2v) is 12.5. The molecule has 3 saturated heterocycles. The number of aromatic nitrogens is 1. The highest BCUT2D eigenvalue weighted by Crippen LogP contribution is 2.38. The van der Waals surface area contributed by atoms with Crippen molar-refractivity contribution in [3.63, 3.8) is 0 Å². The Kier molecular flexibility index (Phi) is 9.07. The number of aromatic carboxylic acids is 1. The van der Waals surface area contributed by atoms with E-state index in [0.717, 1.165) is 62.1 Å². The zero-order valence-corrected chi connectivity index (χ0v) is 26.0. The first-order valence-electron chi connectivity index (χ1n) is 15.4. The van der Waals surface area contributed by atoms with Gasteiger partial charge in [0, 0.05) is 68.3 Å². The van der Waals surface area contributed by atoms with E-state index in [2.05, 4.69) is 27.7 Å². The summed E-state index contributed by atoms with van der Waals surface area (Å²) in [5.41, 5.74) is 4.49. The number of aryl methyl sites for hydroxylation is 2. The van der Waals surface area contributed by atoms with Crippen molar-refractivity contribution in [2.45, 2.75) is 64.2 Å². The van der Waals surface area contributed by atoms with Crippen LogP contribution in [0, 0.1) is 13.8 Å². The number of carbonyl (C=O) groups is 2. The largest absolute Gasteiger partial charge is 0.478 e. The smallest absolute Gasteiger partial charge is 0.335 e. The van der Waals surface area contributed by atoms with Crippen LogP contribution in [0.1, 0.15) is 64.5 Å². The van der Waals surface area contributed by atoms with Crippen LogP contribution < -0.4 is 4.74 Å². The van der Waals surface area contributed by atoms with Crippen LogP contribution in [0.5, 0.6) is 11.6 Å². The number of amides is 2. The molecule has 1 atom stereocenters. The van der Waals surface area contributed by atoms with Crippen molar-refractivity contribution in [3.8, 4) is 11.6 Å². The van der Waals surface area contributed by atoms with Crippen LogP contribution >= 0.6 is 11.6 Å². The Labute approximate surface area is 263 Å². The number of carbonyl (C=O) groups excluding carboxylic acids is 1. The highest BCUT2D eigenvalue weighted by molar-refractivity contribution is 6.30. The van der Waals surface area contributed by atoms with Crippen molar-refractivity contribution in [3.05, 3.63) is 87.6 Å². The minimum Gasteiger partial charge on any atom is -0.478 e. The average Bonchev–Trinajstić information content (AvgIpc) is 3.37. The number of nitrogens with zero attached hydrogens (tertiary/aromatic N) is 4. The molecule has 3 aliphatic rings. The monoisotopic (exact) mass is 618 g/mol. The lowest BCUT2D eigenvalue weighted by Gasteiger charge is -2.39. The number of urea groups is 1. The first-order chi connectivity index (χ1) is 21.3. The molecule has 2 aromatic carbocycles. The molecule has 10 heteroatoms. The first-order valence-corrected chi connectivity index (χ1v) is 15.8. The van der Waals surface area contributed by atoms with E-state index in [1.54, 1.807) is 12.1 Å². The number of likely N-dealkylation sites (tertiary alicyclic amines) is 1. The van der Waals surface area contributed by atoms with Gasteiger partial charge in [0.1, 0.15) is 5.75 Å². The Balaban J connectivity index is 1.12. The summed E-state index contributed by atoms with van der Waals surface area (Å²) < 4.78 is 11.5. The molecule has 0 bridgehead atoms. The quantitative estimate of drug-likeness (QED) is 0.309. The van der Waals surface area contributed by atoms with Gasteiger partial charge in [-0.3, -0.25) is 4.90 Å². The van der Waals surface area contributed by atoms with Gasteiger partial charge in [0.25, 0.3) is 0 Å². The minimum atomic E-state index is -0.973. The van der Waals surface area contributed by atoms with Gasteiger partial charge in [0.15, 0.2) is 0 Å².